The number of amides is 1. The first-order valence-electron chi connectivity index (χ1n) is 18.9. The third-order valence-electron chi connectivity index (χ3n) is 10.9. The largest absolute Gasteiger partial charge is 0.435 e. The molecule has 20 heteroatoms. The van der Waals surface area contributed by atoms with E-state index >= 15 is 0 Å². The van der Waals surface area contributed by atoms with E-state index in [1.165, 1.54) is 10.7 Å². The van der Waals surface area contributed by atoms with Crippen LogP contribution in [-0.2, 0) is 50.8 Å². The molecule has 2 N–H and O–H groups in total. The zero-order valence-corrected chi connectivity index (χ0v) is 35.4. The summed E-state index contributed by atoms with van der Waals surface area (Å²) in [6.07, 6.45) is -0.151. The van der Waals surface area contributed by atoms with Crippen LogP contribution in [0.15, 0.2) is 54.1 Å². The third kappa shape index (κ3) is 8.93. The summed E-state index contributed by atoms with van der Waals surface area (Å²) in [5.41, 5.74) is 1.05. The van der Waals surface area contributed by atoms with Crippen molar-refractivity contribution >= 4 is 60.2 Å². The number of aryl methyl sites for hydroxylation is 1. The summed E-state index contributed by atoms with van der Waals surface area (Å²) < 4.78 is 126. The van der Waals surface area contributed by atoms with Gasteiger partial charge in [0.1, 0.15) is 18.2 Å². The Morgan fingerprint density at radius 2 is 1.62 bits per heavy atom. The van der Waals surface area contributed by atoms with E-state index in [1.54, 1.807) is 52.1 Å². The van der Waals surface area contributed by atoms with Crippen LogP contribution < -0.4 is 10.0 Å². The number of hydrogen-bond donors (Lipinski definition) is 2. The smallest absolute Gasteiger partial charge is 0.346 e. The van der Waals surface area contributed by atoms with E-state index in [0.717, 1.165) is 29.1 Å². The van der Waals surface area contributed by atoms with Crippen molar-refractivity contribution in [2.75, 3.05) is 11.0 Å². The maximum Gasteiger partial charge on any atom is 0.435 e. The highest BCUT2D eigenvalue weighted by Gasteiger charge is 2.47. The van der Waals surface area contributed by atoms with Crippen molar-refractivity contribution in [3.8, 4) is 11.1 Å². The van der Waals surface area contributed by atoms with E-state index in [0.29, 0.717) is 54.0 Å². The number of pyridine rings is 1. The number of aromatic nitrogens is 5. The molecule has 1 amide bonds. The predicted molar refractivity (Wildman–Crippen MR) is 217 cm³/mol. The number of carbonyl (C=O) groups is 1. The second-order valence-electron chi connectivity index (χ2n) is 15.9. The normalized spacial score (nSPS) is 16.0. The molecule has 3 heterocycles. The van der Waals surface area contributed by atoms with Crippen molar-refractivity contribution in [1.82, 2.24) is 29.9 Å². The van der Waals surface area contributed by atoms with Gasteiger partial charge >= 0.3 is 6.18 Å². The molecule has 2 fully saturated rings. The van der Waals surface area contributed by atoms with Gasteiger partial charge in [0.15, 0.2) is 21.3 Å². The number of benzene rings is 2. The van der Waals surface area contributed by atoms with Crippen LogP contribution in [0.2, 0.25) is 5.02 Å². The summed E-state index contributed by atoms with van der Waals surface area (Å²) in [5, 5.41) is 10.8. The summed E-state index contributed by atoms with van der Waals surface area (Å²) in [4.78, 5) is 19.0. The van der Waals surface area contributed by atoms with Crippen LogP contribution >= 0.6 is 11.6 Å². The summed E-state index contributed by atoms with van der Waals surface area (Å²) in [6.45, 7) is 4.24. The Morgan fingerprint density at radius 1 is 0.967 bits per heavy atom. The van der Waals surface area contributed by atoms with Crippen LogP contribution in [0.1, 0.15) is 86.8 Å². The third-order valence-corrected chi connectivity index (χ3v) is 14.8. The van der Waals surface area contributed by atoms with E-state index in [9.17, 15) is 43.6 Å². The highest BCUT2D eigenvalue weighted by molar-refractivity contribution is 7.93. The molecule has 60 heavy (non-hydrogen) atoms. The van der Waals surface area contributed by atoms with E-state index in [-0.39, 0.29) is 51.2 Å². The van der Waals surface area contributed by atoms with E-state index in [4.69, 9.17) is 16.6 Å². The van der Waals surface area contributed by atoms with Crippen LogP contribution in [0.4, 0.5) is 27.8 Å². The number of sulfonamides is 1. The van der Waals surface area contributed by atoms with Crippen molar-refractivity contribution in [3.63, 3.8) is 0 Å². The number of hydrogen-bond acceptors (Lipinski definition) is 8. The molecular formula is C40H41ClF5N7O5S2. The lowest BCUT2D eigenvalue weighted by molar-refractivity contribution is -0.141. The average molecular weight is 894 g/mol. The van der Waals surface area contributed by atoms with Gasteiger partial charge in [0.05, 0.1) is 49.6 Å². The van der Waals surface area contributed by atoms with Crippen molar-refractivity contribution in [1.29, 1.82) is 0 Å². The molecule has 7 rings (SSSR count). The van der Waals surface area contributed by atoms with Gasteiger partial charge < -0.3 is 5.32 Å². The molecule has 12 nitrogen and oxygen atoms in total. The van der Waals surface area contributed by atoms with Crippen LogP contribution in [0, 0.1) is 11.6 Å². The Kier molecular flexibility index (Phi) is 11.2. The number of rotatable bonds is 14. The van der Waals surface area contributed by atoms with Gasteiger partial charge in [-0.3, -0.25) is 23.9 Å². The van der Waals surface area contributed by atoms with Gasteiger partial charge in [-0.15, -0.1) is 0 Å². The van der Waals surface area contributed by atoms with Crippen LogP contribution in [-0.4, -0.2) is 63.5 Å². The van der Waals surface area contributed by atoms with Gasteiger partial charge in [0.2, 0.25) is 15.9 Å². The summed E-state index contributed by atoms with van der Waals surface area (Å²) in [5.74, 6) is -2.89. The zero-order chi connectivity index (χ0) is 43.7. The van der Waals surface area contributed by atoms with Crippen molar-refractivity contribution in [3.05, 3.63) is 99.1 Å². The van der Waals surface area contributed by atoms with Gasteiger partial charge in [0.25, 0.3) is 0 Å². The Bertz CT molecular complexity index is 2780. The van der Waals surface area contributed by atoms with Crippen molar-refractivity contribution in [2.45, 2.75) is 87.6 Å². The maximum absolute atomic E-state index is 14.7. The number of sulfone groups is 1. The van der Waals surface area contributed by atoms with E-state index in [2.05, 4.69) is 20.2 Å². The van der Waals surface area contributed by atoms with E-state index < -0.39 is 71.9 Å². The molecule has 1 atom stereocenters. The van der Waals surface area contributed by atoms with Gasteiger partial charge in [-0.25, -0.2) is 25.6 Å². The van der Waals surface area contributed by atoms with Crippen LogP contribution in [0.5, 0.6) is 0 Å². The fraction of sp³-hybridized carbons (Fsp3) is 0.400. The highest BCUT2D eigenvalue weighted by atomic mass is 35.5. The fourth-order valence-electron chi connectivity index (χ4n) is 7.28. The number of fused-ring (bicyclic) bond motifs is 1. The Hall–Kier alpha value is -4.88. The Balaban J connectivity index is 1.41. The minimum Gasteiger partial charge on any atom is -0.346 e. The lowest BCUT2D eigenvalue weighted by Gasteiger charge is -2.26. The lowest BCUT2D eigenvalue weighted by Crippen LogP contribution is -2.36. The number of alkyl halides is 3. The van der Waals surface area contributed by atoms with Crippen LogP contribution in [0.3, 0.4) is 0 Å². The monoisotopic (exact) mass is 893 g/mol. The molecule has 2 aliphatic carbocycles. The number of nitrogens with one attached hydrogen (secondary N) is 2. The number of carbonyl (C=O) groups excluding carboxylic acids is 1. The second-order valence-corrected chi connectivity index (χ2v) is 20.8. The second kappa shape index (κ2) is 15.5. The van der Waals surface area contributed by atoms with Crippen molar-refractivity contribution in [2.24, 2.45) is 7.05 Å². The standard InChI is InChI=1S/C40H41ClF5N7O5S2/c1-21(39(2,3)60(57,58)27-9-10-27)14-26-8-11-28(29-12-13-30(41)35-37(29)52(4)50-38(35)51-59(5,55)56)36(47-26)31(17-22-15-24(42)18-25(43)16-22)48-34(54)20-53-32(23-6-7-23)19-33(49-53)40(44,45)46/h8,11-16,18-19,23,27,31H,6-7,9-10,17,20H2,1-5H3,(H,48,54)(H,50,51)/b21-14-/t31-/m0/s1. The summed E-state index contributed by atoms with van der Waals surface area (Å²) >= 11 is 6.64. The minimum absolute atomic E-state index is 0.0744. The Morgan fingerprint density at radius 3 is 2.22 bits per heavy atom. The van der Waals surface area contributed by atoms with Gasteiger partial charge in [-0.05, 0) is 94.8 Å². The first kappa shape index (κ1) is 43.2. The topological polar surface area (TPSA) is 158 Å². The fourth-order valence-corrected chi connectivity index (χ4v) is 10.1. The molecule has 0 saturated heterocycles. The quantitative estimate of drug-likeness (QED) is 0.107. The molecule has 0 unspecified atom stereocenters. The molecule has 0 radical (unpaired) electrons. The average Bonchev–Trinajstić information content (AvgIpc) is 4.07. The van der Waals surface area contributed by atoms with Gasteiger partial charge in [0, 0.05) is 35.9 Å². The molecule has 0 bridgehead atoms. The molecule has 0 aliphatic heterocycles. The number of halogens is 6. The summed E-state index contributed by atoms with van der Waals surface area (Å²) in [7, 11) is -5.86. The molecule has 2 aliphatic rings. The molecule has 2 aromatic carbocycles. The highest BCUT2D eigenvalue weighted by Crippen LogP contribution is 2.44. The van der Waals surface area contributed by atoms with Crippen molar-refractivity contribution < 1.29 is 43.6 Å². The SMILES string of the molecule is C/C(=C/c1ccc(-c2ccc(Cl)c3c(NS(C)(=O)=O)nn(C)c23)c([C@H](Cc2cc(F)cc(F)c2)NC(=O)Cn2nc(C(F)(F)F)cc2C2CC2)n1)C(C)(C)S(=O)(=O)C1CC1. The van der Waals surface area contributed by atoms with Gasteiger partial charge in [-0.1, -0.05) is 29.3 Å². The maximum atomic E-state index is 14.7. The molecule has 320 valence electrons. The molecule has 2 saturated carbocycles. The number of nitrogens with zero attached hydrogens (tertiary/aromatic N) is 5. The van der Waals surface area contributed by atoms with Crippen LogP contribution in [0.25, 0.3) is 28.1 Å². The molecule has 5 aromatic rings. The minimum atomic E-state index is -4.76. The van der Waals surface area contributed by atoms with E-state index in [1.807, 2.05) is 0 Å². The number of anilines is 1. The molecular weight excluding hydrogens is 853 g/mol. The predicted octanol–water partition coefficient (Wildman–Crippen LogP) is 7.89. The molecule has 3 aromatic heterocycles. The summed E-state index contributed by atoms with van der Waals surface area (Å²) in [6, 6.07) is 8.88. The zero-order valence-electron chi connectivity index (χ0n) is 33.0. The molecule has 0 spiro atoms. The lowest BCUT2D eigenvalue weighted by atomic mass is 9.93. The first-order valence-corrected chi connectivity index (χ1v) is 22.7. The first-order chi connectivity index (χ1) is 27.9. The Labute approximate surface area is 348 Å². The van der Waals surface area contributed by atoms with Gasteiger partial charge in [-0.2, -0.15) is 23.4 Å².